The van der Waals surface area contributed by atoms with Gasteiger partial charge in [0.15, 0.2) is 0 Å². The van der Waals surface area contributed by atoms with Gasteiger partial charge in [0, 0.05) is 5.69 Å². The quantitative estimate of drug-likeness (QED) is 0.439. The van der Waals surface area contributed by atoms with Crippen LogP contribution in [-0.4, -0.2) is 21.9 Å². The lowest BCUT2D eigenvalue weighted by molar-refractivity contribution is -0.0750. The molecule has 10 atom stereocenters. The molecule has 1 N–H and O–H groups in total. The first-order valence-electron chi connectivity index (χ1n) is 14.3. The predicted molar refractivity (Wildman–Crippen MR) is 132 cm³/mol. The largest absolute Gasteiger partial charge is 0.371 e. The molecule has 180 valence electrons. The minimum absolute atomic E-state index is 0.133. The zero-order valence-corrected chi connectivity index (χ0v) is 21.3. The van der Waals surface area contributed by atoms with E-state index < -0.39 is 0 Å². The SMILES string of the molecule is CC1=C2C[C@H]3[C@@H](CC[C@H]4Cc5[nH]ncc5C[C@@]43C)[C@@H]2CC[C@@]2(C1)O[C@@H]1C[C@H](C)CC[C@H]1[C@H]2C. The zero-order valence-electron chi connectivity index (χ0n) is 21.3. The Kier molecular flexibility index (Phi) is 4.64. The summed E-state index contributed by atoms with van der Waals surface area (Å²) in [5.74, 6) is 5.82. The molecule has 0 unspecified atom stereocenters. The van der Waals surface area contributed by atoms with Crippen molar-refractivity contribution in [2.75, 3.05) is 0 Å². The third-order valence-corrected chi connectivity index (χ3v) is 12.3. The van der Waals surface area contributed by atoms with Crippen LogP contribution in [-0.2, 0) is 17.6 Å². The number of aromatic nitrogens is 2. The van der Waals surface area contributed by atoms with Crippen LogP contribution in [0.15, 0.2) is 17.3 Å². The second-order valence-electron chi connectivity index (χ2n) is 13.7. The average Bonchev–Trinajstić information content (AvgIpc) is 3.43. The van der Waals surface area contributed by atoms with Gasteiger partial charge in [0.2, 0.25) is 0 Å². The van der Waals surface area contributed by atoms with E-state index in [1.807, 2.05) is 5.57 Å². The fourth-order valence-electron chi connectivity index (χ4n) is 10.4. The topological polar surface area (TPSA) is 37.9 Å². The summed E-state index contributed by atoms with van der Waals surface area (Å²) in [5.41, 5.74) is 7.14. The van der Waals surface area contributed by atoms with Crippen LogP contribution in [0.25, 0.3) is 0 Å². The number of ether oxygens (including phenoxy) is 1. The maximum absolute atomic E-state index is 7.12. The molecule has 0 aromatic carbocycles. The first kappa shape index (κ1) is 21.2. The Labute approximate surface area is 200 Å². The third kappa shape index (κ3) is 2.93. The normalized spacial score (nSPS) is 50.9. The van der Waals surface area contributed by atoms with E-state index in [0.717, 1.165) is 41.4 Å². The second kappa shape index (κ2) is 7.21. The summed E-state index contributed by atoms with van der Waals surface area (Å²) in [4.78, 5) is 0. The van der Waals surface area contributed by atoms with Crippen molar-refractivity contribution in [1.82, 2.24) is 10.2 Å². The number of rotatable bonds is 0. The fourth-order valence-corrected chi connectivity index (χ4v) is 10.4. The van der Waals surface area contributed by atoms with Crippen molar-refractivity contribution in [3.63, 3.8) is 0 Å². The first-order chi connectivity index (χ1) is 15.9. The molecule has 4 fully saturated rings. The molecule has 3 nitrogen and oxygen atoms in total. The van der Waals surface area contributed by atoms with Crippen LogP contribution in [0.5, 0.6) is 0 Å². The summed E-state index contributed by atoms with van der Waals surface area (Å²) in [6, 6.07) is 0. The van der Waals surface area contributed by atoms with Crippen molar-refractivity contribution < 1.29 is 4.74 Å². The van der Waals surface area contributed by atoms with E-state index in [-0.39, 0.29) is 5.60 Å². The second-order valence-corrected chi connectivity index (χ2v) is 13.7. The highest BCUT2D eigenvalue weighted by molar-refractivity contribution is 5.32. The molecule has 1 aromatic rings. The summed E-state index contributed by atoms with van der Waals surface area (Å²) in [7, 11) is 0. The van der Waals surface area contributed by atoms with Gasteiger partial charge in [0.1, 0.15) is 0 Å². The molecule has 1 aromatic heterocycles. The molecular weight excluding hydrogens is 404 g/mol. The Morgan fingerprint density at radius 1 is 1.03 bits per heavy atom. The number of aromatic amines is 1. The van der Waals surface area contributed by atoms with Crippen molar-refractivity contribution >= 4 is 0 Å². The Balaban J connectivity index is 1.19. The minimum Gasteiger partial charge on any atom is -0.371 e. The lowest BCUT2D eigenvalue weighted by atomic mass is 9.52. The van der Waals surface area contributed by atoms with Crippen LogP contribution < -0.4 is 0 Å². The van der Waals surface area contributed by atoms with Crippen LogP contribution >= 0.6 is 0 Å². The average molecular weight is 449 g/mol. The van der Waals surface area contributed by atoms with Gasteiger partial charge in [-0.25, -0.2) is 0 Å². The van der Waals surface area contributed by atoms with Crippen LogP contribution in [0.4, 0.5) is 0 Å². The number of nitrogens with one attached hydrogen (secondary N) is 1. The maximum Gasteiger partial charge on any atom is 0.0752 e. The molecule has 0 amide bonds. The number of H-pyrrole nitrogens is 1. The lowest BCUT2D eigenvalue weighted by Crippen LogP contribution is -2.47. The van der Waals surface area contributed by atoms with E-state index in [4.69, 9.17) is 4.74 Å². The molecule has 0 radical (unpaired) electrons. The molecule has 1 aliphatic heterocycles. The monoisotopic (exact) mass is 448 g/mol. The minimum atomic E-state index is 0.133. The Hall–Kier alpha value is -1.09. The highest BCUT2D eigenvalue weighted by Gasteiger charge is 2.59. The first-order valence-corrected chi connectivity index (χ1v) is 14.3. The van der Waals surface area contributed by atoms with Gasteiger partial charge in [-0.15, -0.1) is 0 Å². The number of hydrogen-bond acceptors (Lipinski definition) is 2. The van der Waals surface area contributed by atoms with E-state index in [9.17, 15) is 0 Å². The van der Waals surface area contributed by atoms with E-state index >= 15 is 0 Å². The highest BCUT2D eigenvalue weighted by atomic mass is 16.5. The van der Waals surface area contributed by atoms with Crippen molar-refractivity contribution in [3.05, 3.63) is 28.6 Å². The molecule has 33 heavy (non-hydrogen) atoms. The number of fused-ring (bicyclic) bond motifs is 7. The van der Waals surface area contributed by atoms with E-state index in [2.05, 4.69) is 44.1 Å². The fraction of sp³-hybridized carbons (Fsp3) is 0.833. The van der Waals surface area contributed by atoms with Crippen molar-refractivity contribution in [3.8, 4) is 0 Å². The van der Waals surface area contributed by atoms with Crippen LogP contribution in [0.3, 0.4) is 0 Å². The van der Waals surface area contributed by atoms with Gasteiger partial charge in [0.25, 0.3) is 0 Å². The van der Waals surface area contributed by atoms with Crippen molar-refractivity contribution in [2.24, 2.45) is 46.8 Å². The van der Waals surface area contributed by atoms with Gasteiger partial charge in [0.05, 0.1) is 17.9 Å². The van der Waals surface area contributed by atoms with E-state index in [0.29, 0.717) is 11.5 Å². The van der Waals surface area contributed by atoms with Gasteiger partial charge < -0.3 is 4.74 Å². The Morgan fingerprint density at radius 2 is 1.88 bits per heavy atom. The van der Waals surface area contributed by atoms with Gasteiger partial charge in [-0.2, -0.15) is 5.10 Å². The summed E-state index contributed by atoms with van der Waals surface area (Å²) < 4.78 is 7.12. The smallest absolute Gasteiger partial charge is 0.0752 e. The van der Waals surface area contributed by atoms with Crippen LogP contribution in [0.2, 0.25) is 0 Å². The molecule has 3 heteroatoms. The van der Waals surface area contributed by atoms with Gasteiger partial charge >= 0.3 is 0 Å². The van der Waals surface area contributed by atoms with Gasteiger partial charge in [-0.3, -0.25) is 5.10 Å². The summed E-state index contributed by atoms with van der Waals surface area (Å²) >= 11 is 0. The lowest BCUT2D eigenvalue weighted by Gasteiger charge is -2.52. The van der Waals surface area contributed by atoms with Crippen molar-refractivity contribution in [1.29, 1.82) is 0 Å². The van der Waals surface area contributed by atoms with E-state index in [1.54, 1.807) is 5.57 Å². The summed E-state index contributed by atoms with van der Waals surface area (Å²) in [6.07, 6.45) is 17.4. The highest BCUT2D eigenvalue weighted by Crippen LogP contribution is 2.65. The number of hydrogen-bond donors (Lipinski definition) is 1. The molecule has 6 aliphatic rings. The number of allylic oxidation sites excluding steroid dienone is 1. The molecule has 5 aliphatic carbocycles. The molecule has 3 saturated carbocycles. The molecule has 0 bridgehead atoms. The van der Waals surface area contributed by atoms with Gasteiger partial charge in [-0.1, -0.05) is 38.3 Å². The maximum atomic E-state index is 7.12. The zero-order chi connectivity index (χ0) is 22.5. The molecule has 7 rings (SSSR count). The molecular formula is C30H44N2O. The molecule has 1 saturated heterocycles. The van der Waals surface area contributed by atoms with E-state index in [1.165, 1.54) is 81.9 Å². The molecule has 2 heterocycles. The predicted octanol–water partition coefficient (Wildman–Crippen LogP) is 6.89. The van der Waals surface area contributed by atoms with Crippen LogP contribution in [0, 0.1) is 46.8 Å². The van der Waals surface area contributed by atoms with Gasteiger partial charge in [-0.05, 0) is 124 Å². The standard InChI is InChI=1S/C30H44N2O/c1-17-5-7-22-19(3)30(33-28(22)11-17)10-9-23-24-8-6-21-12-27-20(16-31-32-27)15-29(21,4)26(24)13-25(23)18(2)14-30/h16-17,19,21-24,26,28H,5-15H2,1-4H3,(H,31,32)/t17-,19-,21+,22+,23+,24+,26+,28-,29+,30+/m1/s1. The third-order valence-electron chi connectivity index (χ3n) is 12.3. The Morgan fingerprint density at radius 3 is 2.76 bits per heavy atom. The number of nitrogens with zero attached hydrogens (tertiary/aromatic N) is 1. The molecule has 1 spiro atoms. The summed E-state index contributed by atoms with van der Waals surface area (Å²) in [6.45, 7) is 10.2. The summed E-state index contributed by atoms with van der Waals surface area (Å²) in [5, 5.41) is 7.73. The van der Waals surface area contributed by atoms with Crippen LogP contribution in [0.1, 0.15) is 96.7 Å². The van der Waals surface area contributed by atoms with Crippen molar-refractivity contribution in [2.45, 2.75) is 110 Å². The Bertz CT molecular complexity index is 978.